The number of amides is 1. The highest BCUT2D eigenvalue weighted by molar-refractivity contribution is 5.85. The monoisotopic (exact) mass is 298 g/mol. The van der Waals surface area contributed by atoms with E-state index in [9.17, 15) is 4.79 Å². The smallest absolute Gasteiger partial charge is 0.224 e. The molecule has 1 amide bonds. The Balaban J connectivity index is 0.00000361. The molecule has 0 spiro atoms. The number of rotatable bonds is 9. The average Bonchev–Trinajstić information content (AvgIpc) is 2.43. The Bertz CT molecular complexity index is 365. The highest BCUT2D eigenvalue weighted by Gasteiger charge is 2.02. The lowest BCUT2D eigenvalue weighted by atomic mass is 10.0. The molecule has 4 heteroatoms. The zero-order valence-electron chi connectivity index (χ0n) is 12.6. The topological polar surface area (TPSA) is 41.1 Å². The first-order valence-electron chi connectivity index (χ1n) is 7.25. The lowest BCUT2D eigenvalue weighted by molar-refractivity contribution is -0.120. The van der Waals surface area contributed by atoms with Crippen molar-refractivity contribution in [2.24, 2.45) is 0 Å². The highest BCUT2D eigenvalue weighted by Crippen LogP contribution is 2.08. The van der Waals surface area contributed by atoms with Crippen molar-refractivity contribution in [2.45, 2.75) is 39.0 Å². The molecule has 0 unspecified atom stereocenters. The molecular formula is C16H27ClN2O. The summed E-state index contributed by atoms with van der Waals surface area (Å²) in [6.45, 7) is 3.88. The maximum Gasteiger partial charge on any atom is 0.224 e. The van der Waals surface area contributed by atoms with Crippen molar-refractivity contribution in [1.82, 2.24) is 10.6 Å². The number of halogens is 1. The number of unbranched alkanes of at least 4 members (excludes halogenated alkanes) is 1. The third-order valence-corrected chi connectivity index (χ3v) is 3.13. The van der Waals surface area contributed by atoms with Gasteiger partial charge in [-0.05, 0) is 44.0 Å². The van der Waals surface area contributed by atoms with Gasteiger partial charge in [-0.3, -0.25) is 4.79 Å². The van der Waals surface area contributed by atoms with Crippen LogP contribution in [-0.2, 0) is 17.6 Å². The van der Waals surface area contributed by atoms with Crippen LogP contribution in [0.5, 0.6) is 0 Å². The van der Waals surface area contributed by atoms with E-state index >= 15 is 0 Å². The summed E-state index contributed by atoms with van der Waals surface area (Å²) in [5.74, 6) is 0.109. The van der Waals surface area contributed by atoms with Crippen molar-refractivity contribution in [3.8, 4) is 0 Å². The second kappa shape index (κ2) is 11.7. The number of nitrogens with one attached hydrogen (secondary N) is 2. The maximum atomic E-state index is 11.7. The quantitative estimate of drug-likeness (QED) is 0.688. The number of carbonyl (C=O) groups is 1. The van der Waals surface area contributed by atoms with Gasteiger partial charge in [0, 0.05) is 6.54 Å². The standard InChI is InChI=1S/C16H26N2O.ClH/c1-3-4-6-14-7-9-15(10-8-14)13-16(19)18-12-5-11-17-2;/h7-10,17H,3-6,11-13H2,1-2H3,(H,18,19);1H. The largest absolute Gasteiger partial charge is 0.356 e. The molecule has 0 aromatic heterocycles. The van der Waals surface area contributed by atoms with Crippen LogP contribution in [0.1, 0.15) is 37.3 Å². The molecule has 20 heavy (non-hydrogen) atoms. The summed E-state index contributed by atoms with van der Waals surface area (Å²) in [5.41, 5.74) is 2.45. The van der Waals surface area contributed by atoms with E-state index in [-0.39, 0.29) is 18.3 Å². The molecule has 2 N–H and O–H groups in total. The molecule has 114 valence electrons. The Labute approximate surface area is 128 Å². The summed E-state index contributed by atoms with van der Waals surface area (Å²) in [5, 5.41) is 6.00. The number of aryl methyl sites for hydroxylation is 1. The summed E-state index contributed by atoms with van der Waals surface area (Å²) in [4.78, 5) is 11.7. The van der Waals surface area contributed by atoms with Crippen LogP contribution in [0.2, 0.25) is 0 Å². The Morgan fingerprint density at radius 3 is 2.30 bits per heavy atom. The second-order valence-corrected chi connectivity index (χ2v) is 4.90. The van der Waals surface area contributed by atoms with E-state index in [1.54, 1.807) is 0 Å². The molecule has 0 aliphatic heterocycles. The van der Waals surface area contributed by atoms with Gasteiger partial charge in [-0.25, -0.2) is 0 Å². The van der Waals surface area contributed by atoms with E-state index in [0.29, 0.717) is 6.42 Å². The third kappa shape index (κ3) is 8.18. The van der Waals surface area contributed by atoms with Gasteiger partial charge in [0.25, 0.3) is 0 Å². The molecule has 0 fully saturated rings. The van der Waals surface area contributed by atoms with Crippen LogP contribution in [-0.4, -0.2) is 26.0 Å². The molecule has 0 saturated heterocycles. The first-order valence-corrected chi connectivity index (χ1v) is 7.25. The molecule has 0 atom stereocenters. The number of benzene rings is 1. The normalized spacial score (nSPS) is 9.90. The summed E-state index contributed by atoms with van der Waals surface area (Å²) in [6.07, 6.45) is 5.03. The van der Waals surface area contributed by atoms with Crippen molar-refractivity contribution in [1.29, 1.82) is 0 Å². The molecule has 1 rings (SSSR count). The molecule has 1 aromatic carbocycles. The van der Waals surface area contributed by atoms with E-state index in [0.717, 1.165) is 31.5 Å². The lowest BCUT2D eigenvalue weighted by Crippen LogP contribution is -2.27. The van der Waals surface area contributed by atoms with E-state index in [1.807, 2.05) is 7.05 Å². The van der Waals surface area contributed by atoms with Gasteiger partial charge in [-0.15, -0.1) is 12.4 Å². The summed E-state index contributed by atoms with van der Waals surface area (Å²) < 4.78 is 0. The summed E-state index contributed by atoms with van der Waals surface area (Å²) >= 11 is 0. The molecule has 0 aliphatic carbocycles. The van der Waals surface area contributed by atoms with Crippen molar-refractivity contribution >= 4 is 18.3 Å². The highest BCUT2D eigenvalue weighted by atomic mass is 35.5. The second-order valence-electron chi connectivity index (χ2n) is 4.90. The number of carbonyl (C=O) groups excluding carboxylic acids is 1. The van der Waals surface area contributed by atoms with Crippen molar-refractivity contribution < 1.29 is 4.79 Å². The fourth-order valence-corrected chi connectivity index (χ4v) is 1.95. The molecule has 3 nitrogen and oxygen atoms in total. The van der Waals surface area contributed by atoms with Gasteiger partial charge in [0.05, 0.1) is 6.42 Å². The van der Waals surface area contributed by atoms with Gasteiger partial charge >= 0.3 is 0 Å². The Morgan fingerprint density at radius 2 is 1.70 bits per heavy atom. The fourth-order valence-electron chi connectivity index (χ4n) is 1.95. The van der Waals surface area contributed by atoms with Crippen LogP contribution in [0.4, 0.5) is 0 Å². The molecule has 0 aliphatic rings. The Morgan fingerprint density at radius 1 is 1.05 bits per heavy atom. The molecule has 0 bridgehead atoms. The first-order chi connectivity index (χ1) is 9.26. The maximum absolute atomic E-state index is 11.7. The van der Waals surface area contributed by atoms with Crippen LogP contribution in [0, 0.1) is 0 Å². The van der Waals surface area contributed by atoms with Crippen molar-refractivity contribution in [3.05, 3.63) is 35.4 Å². The van der Waals surface area contributed by atoms with Gasteiger partial charge < -0.3 is 10.6 Å². The van der Waals surface area contributed by atoms with E-state index in [4.69, 9.17) is 0 Å². The van der Waals surface area contributed by atoms with Crippen LogP contribution in [0.15, 0.2) is 24.3 Å². The lowest BCUT2D eigenvalue weighted by Gasteiger charge is -2.06. The van der Waals surface area contributed by atoms with Gasteiger partial charge in [-0.2, -0.15) is 0 Å². The summed E-state index contributed by atoms with van der Waals surface area (Å²) in [7, 11) is 1.92. The minimum Gasteiger partial charge on any atom is -0.356 e. The van der Waals surface area contributed by atoms with Gasteiger partial charge in [0.15, 0.2) is 0 Å². The van der Waals surface area contributed by atoms with Gasteiger partial charge in [0.1, 0.15) is 0 Å². The molecule has 1 aromatic rings. The zero-order valence-corrected chi connectivity index (χ0v) is 13.4. The summed E-state index contributed by atoms with van der Waals surface area (Å²) in [6, 6.07) is 8.41. The van der Waals surface area contributed by atoms with Gasteiger partial charge in [0.2, 0.25) is 5.91 Å². The van der Waals surface area contributed by atoms with Crippen LogP contribution < -0.4 is 10.6 Å². The van der Waals surface area contributed by atoms with Crippen LogP contribution in [0.25, 0.3) is 0 Å². The Hall–Kier alpha value is -1.06. The average molecular weight is 299 g/mol. The fraction of sp³-hybridized carbons (Fsp3) is 0.562. The minimum atomic E-state index is 0. The van der Waals surface area contributed by atoms with Crippen LogP contribution >= 0.6 is 12.4 Å². The van der Waals surface area contributed by atoms with Gasteiger partial charge in [-0.1, -0.05) is 37.6 Å². The predicted octanol–water partition coefficient (Wildman–Crippen LogP) is 2.72. The molecule has 0 radical (unpaired) electrons. The van der Waals surface area contributed by atoms with Crippen molar-refractivity contribution in [2.75, 3.05) is 20.1 Å². The molecule has 0 saturated carbocycles. The first kappa shape index (κ1) is 18.9. The number of hydrogen-bond donors (Lipinski definition) is 2. The van der Waals surface area contributed by atoms with Crippen LogP contribution in [0.3, 0.4) is 0 Å². The van der Waals surface area contributed by atoms with E-state index < -0.39 is 0 Å². The zero-order chi connectivity index (χ0) is 13.9. The van der Waals surface area contributed by atoms with E-state index in [2.05, 4.69) is 41.8 Å². The predicted molar refractivity (Wildman–Crippen MR) is 87.6 cm³/mol. The third-order valence-electron chi connectivity index (χ3n) is 3.13. The van der Waals surface area contributed by atoms with E-state index in [1.165, 1.54) is 18.4 Å². The molecular weight excluding hydrogens is 272 g/mol. The number of hydrogen-bond acceptors (Lipinski definition) is 2. The van der Waals surface area contributed by atoms with Crippen molar-refractivity contribution in [3.63, 3.8) is 0 Å². The SMILES string of the molecule is CCCCc1ccc(CC(=O)NCCCNC)cc1.Cl. The minimum absolute atomic E-state index is 0. The Kier molecular flexibility index (Phi) is 11.1. The molecule has 0 heterocycles.